The quantitative estimate of drug-likeness (QED) is 0.678. The van der Waals surface area contributed by atoms with Gasteiger partial charge in [0.15, 0.2) is 29.7 Å². The maximum absolute atomic E-state index is 12.9. The Morgan fingerprint density at radius 1 is 1.10 bits per heavy atom. The number of methoxy groups -OCH3 is 1. The summed E-state index contributed by atoms with van der Waals surface area (Å²) in [5.41, 5.74) is 9.17. The fourth-order valence-electron chi connectivity index (χ4n) is 4.51. The molecule has 3 aliphatic rings. The van der Waals surface area contributed by atoms with Gasteiger partial charge in [0.25, 0.3) is 5.91 Å². The van der Waals surface area contributed by atoms with Crippen LogP contribution in [-0.4, -0.2) is 31.2 Å². The zero-order valence-electron chi connectivity index (χ0n) is 16.7. The number of hydrogen-bond acceptors (Lipinski definition) is 6. The number of nitrogens with two attached hydrogens (primary N) is 1. The SMILES string of the molecule is COc1cc(C2C3=C(CCCC3=O)NC3=C2C(=O)CCC3)cc(Br)c1OCC(N)=O. The number of nitrogens with one attached hydrogen (secondary N) is 1. The first-order valence-corrected chi connectivity index (χ1v) is 10.8. The van der Waals surface area contributed by atoms with E-state index in [0.717, 1.165) is 42.6 Å². The molecule has 0 aromatic heterocycles. The number of carbonyl (C=O) groups excluding carboxylic acids is 3. The van der Waals surface area contributed by atoms with Gasteiger partial charge in [0.05, 0.1) is 11.6 Å². The molecule has 0 spiro atoms. The highest BCUT2D eigenvalue weighted by molar-refractivity contribution is 9.10. The van der Waals surface area contributed by atoms with Crippen molar-refractivity contribution in [1.82, 2.24) is 5.32 Å². The van der Waals surface area contributed by atoms with Gasteiger partial charge in [-0.2, -0.15) is 0 Å². The van der Waals surface area contributed by atoms with Gasteiger partial charge in [-0.1, -0.05) is 0 Å². The zero-order valence-corrected chi connectivity index (χ0v) is 18.3. The fraction of sp³-hybridized carbons (Fsp3) is 0.409. The highest BCUT2D eigenvalue weighted by atomic mass is 79.9. The van der Waals surface area contributed by atoms with Crippen LogP contribution in [0.3, 0.4) is 0 Å². The number of carbonyl (C=O) groups is 3. The van der Waals surface area contributed by atoms with Crippen molar-refractivity contribution in [2.75, 3.05) is 13.7 Å². The second-order valence-corrected chi connectivity index (χ2v) is 8.54. The van der Waals surface area contributed by atoms with E-state index in [4.69, 9.17) is 15.2 Å². The third-order valence-corrected chi connectivity index (χ3v) is 6.32. The third kappa shape index (κ3) is 3.64. The lowest BCUT2D eigenvalue weighted by molar-refractivity contribution is -0.120. The molecule has 2 aliphatic carbocycles. The minimum absolute atomic E-state index is 0.0721. The van der Waals surface area contributed by atoms with Crippen molar-refractivity contribution in [2.45, 2.75) is 44.4 Å². The van der Waals surface area contributed by atoms with Crippen molar-refractivity contribution in [3.63, 3.8) is 0 Å². The Bertz CT molecular complexity index is 969. The molecule has 0 saturated carbocycles. The first-order valence-electron chi connectivity index (χ1n) is 9.98. The molecule has 8 heteroatoms. The highest BCUT2D eigenvalue weighted by Crippen LogP contribution is 2.48. The Morgan fingerprint density at radius 2 is 1.70 bits per heavy atom. The predicted octanol–water partition coefficient (Wildman–Crippen LogP) is 3.02. The highest BCUT2D eigenvalue weighted by Gasteiger charge is 2.40. The van der Waals surface area contributed by atoms with Gasteiger partial charge in [0.2, 0.25) is 0 Å². The summed E-state index contributed by atoms with van der Waals surface area (Å²) in [6.07, 6.45) is 4.15. The molecule has 30 heavy (non-hydrogen) atoms. The molecule has 1 amide bonds. The summed E-state index contributed by atoms with van der Waals surface area (Å²) >= 11 is 3.49. The molecule has 158 valence electrons. The molecule has 7 nitrogen and oxygen atoms in total. The molecule has 1 aliphatic heterocycles. The normalized spacial score (nSPS) is 19.3. The van der Waals surface area contributed by atoms with Gasteiger partial charge in [-0.25, -0.2) is 0 Å². The topological polar surface area (TPSA) is 108 Å². The molecule has 1 heterocycles. The van der Waals surface area contributed by atoms with E-state index in [-0.39, 0.29) is 18.2 Å². The van der Waals surface area contributed by atoms with Crippen LogP contribution in [0.1, 0.15) is 50.0 Å². The predicted molar refractivity (Wildman–Crippen MR) is 113 cm³/mol. The number of allylic oxidation sites excluding steroid dienone is 4. The number of Topliss-reactive ketones (excluding diaryl/α,β-unsaturated/α-hetero) is 2. The van der Waals surface area contributed by atoms with Crippen molar-refractivity contribution in [1.29, 1.82) is 0 Å². The molecule has 0 saturated heterocycles. The molecular formula is C22H23BrN2O5. The van der Waals surface area contributed by atoms with Gasteiger partial charge in [-0.15, -0.1) is 0 Å². The smallest absolute Gasteiger partial charge is 0.255 e. The van der Waals surface area contributed by atoms with E-state index < -0.39 is 11.8 Å². The number of hydrogen-bond donors (Lipinski definition) is 2. The van der Waals surface area contributed by atoms with Crippen LogP contribution in [0.2, 0.25) is 0 Å². The lowest BCUT2D eigenvalue weighted by Crippen LogP contribution is -2.36. The molecule has 0 bridgehead atoms. The van der Waals surface area contributed by atoms with E-state index >= 15 is 0 Å². The van der Waals surface area contributed by atoms with E-state index in [1.54, 1.807) is 6.07 Å². The van der Waals surface area contributed by atoms with Gasteiger partial charge in [-0.05, 0) is 59.3 Å². The average Bonchev–Trinajstić information content (AvgIpc) is 2.71. The fourth-order valence-corrected chi connectivity index (χ4v) is 5.08. The Labute approximate surface area is 182 Å². The monoisotopic (exact) mass is 474 g/mol. The van der Waals surface area contributed by atoms with E-state index in [9.17, 15) is 14.4 Å². The number of amides is 1. The van der Waals surface area contributed by atoms with Gasteiger partial charge in [0, 0.05) is 41.3 Å². The Kier molecular flexibility index (Phi) is 5.69. The van der Waals surface area contributed by atoms with Crippen LogP contribution in [0.5, 0.6) is 11.5 Å². The Morgan fingerprint density at radius 3 is 2.23 bits per heavy atom. The van der Waals surface area contributed by atoms with Crippen LogP contribution in [0.4, 0.5) is 0 Å². The third-order valence-electron chi connectivity index (χ3n) is 5.74. The number of dihydropyridines is 1. The number of rotatable bonds is 5. The summed E-state index contributed by atoms with van der Waals surface area (Å²) in [6, 6.07) is 3.60. The molecular weight excluding hydrogens is 452 g/mol. The Hall–Kier alpha value is -2.61. The van der Waals surface area contributed by atoms with Crippen LogP contribution < -0.4 is 20.5 Å². The summed E-state index contributed by atoms with van der Waals surface area (Å²) in [4.78, 5) is 37.0. The van der Waals surface area contributed by atoms with Crippen molar-refractivity contribution < 1.29 is 23.9 Å². The molecule has 0 fully saturated rings. The van der Waals surface area contributed by atoms with Crippen LogP contribution in [0, 0.1) is 0 Å². The van der Waals surface area contributed by atoms with Crippen molar-refractivity contribution in [3.8, 4) is 11.5 Å². The van der Waals surface area contributed by atoms with E-state index in [1.165, 1.54) is 7.11 Å². The molecule has 1 aromatic carbocycles. The minimum Gasteiger partial charge on any atom is -0.493 e. The average molecular weight is 475 g/mol. The molecule has 0 unspecified atom stereocenters. The van der Waals surface area contributed by atoms with E-state index in [2.05, 4.69) is 21.2 Å². The van der Waals surface area contributed by atoms with Crippen molar-refractivity contribution >= 4 is 33.4 Å². The first kappa shape index (κ1) is 20.7. The standard InChI is InChI=1S/C22H23BrN2O5/c1-29-17-9-11(8-12(23)22(17)30-10-18(24)28)19-20-13(4-2-6-15(20)26)25-14-5-3-7-16(27)21(14)19/h8-9,19,25H,2-7,10H2,1H3,(H2,24,28). The first-order chi connectivity index (χ1) is 14.4. The van der Waals surface area contributed by atoms with Crippen LogP contribution in [0.15, 0.2) is 39.1 Å². The second-order valence-electron chi connectivity index (χ2n) is 7.69. The number of primary amides is 1. The van der Waals surface area contributed by atoms with Crippen LogP contribution >= 0.6 is 15.9 Å². The second kappa shape index (κ2) is 8.26. The maximum atomic E-state index is 12.9. The Balaban J connectivity index is 1.86. The lowest BCUT2D eigenvalue weighted by Gasteiger charge is -2.37. The number of ether oxygens (including phenoxy) is 2. The molecule has 0 atom stereocenters. The number of benzene rings is 1. The number of halogens is 1. The van der Waals surface area contributed by atoms with Crippen molar-refractivity contribution in [3.05, 3.63) is 44.7 Å². The van der Waals surface area contributed by atoms with Gasteiger partial charge >= 0.3 is 0 Å². The molecule has 1 aromatic rings. The van der Waals surface area contributed by atoms with Gasteiger partial charge in [0.1, 0.15) is 0 Å². The van der Waals surface area contributed by atoms with Gasteiger partial charge < -0.3 is 20.5 Å². The molecule has 0 radical (unpaired) electrons. The minimum atomic E-state index is -0.600. The van der Waals surface area contributed by atoms with Crippen LogP contribution in [0.25, 0.3) is 0 Å². The zero-order chi connectivity index (χ0) is 21.4. The van der Waals surface area contributed by atoms with E-state index in [1.807, 2.05) is 6.07 Å². The van der Waals surface area contributed by atoms with Gasteiger partial charge in [-0.3, -0.25) is 14.4 Å². The molecule has 3 N–H and O–H groups in total. The largest absolute Gasteiger partial charge is 0.493 e. The lowest BCUT2D eigenvalue weighted by atomic mass is 9.71. The van der Waals surface area contributed by atoms with Crippen molar-refractivity contribution in [2.24, 2.45) is 5.73 Å². The van der Waals surface area contributed by atoms with E-state index in [0.29, 0.717) is 40.0 Å². The molecule has 4 rings (SSSR count). The number of ketones is 2. The summed E-state index contributed by atoms with van der Waals surface area (Å²) in [5.74, 6) is -0.147. The van der Waals surface area contributed by atoms with Crippen LogP contribution in [-0.2, 0) is 14.4 Å². The summed E-state index contributed by atoms with van der Waals surface area (Å²) in [7, 11) is 1.50. The summed E-state index contributed by atoms with van der Waals surface area (Å²) in [6.45, 7) is -0.288. The maximum Gasteiger partial charge on any atom is 0.255 e. The summed E-state index contributed by atoms with van der Waals surface area (Å²) < 4.78 is 11.6. The summed E-state index contributed by atoms with van der Waals surface area (Å²) in [5, 5.41) is 3.40.